The number of imidazole rings is 1. The second-order valence-electron chi connectivity index (χ2n) is 4.38. The molecule has 104 valence electrons. The molecular weight excluding hydrogens is 423 g/mol. The number of nitrogens with zero attached hydrogens (tertiary/aromatic N) is 2. The molecule has 0 spiro atoms. The van der Waals surface area contributed by atoms with Gasteiger partial charge in [0.05, 0.1) is 17.6 Å². The molecule has 6 heteroatoms. The first kappa shape index (κ1) is 14.6. The van der Waals surface area contributed by atoms with Gasteiger partial charge >= 0.3 is 0 Å². The average Bonchev–Trinajstić information content (AvgIpc) is 2.96. The van der Waals surface area contributed by atoms with Gasteiger partial charge in [-0.1, -0.05) is 15.9 Å². The third-order valence-electron chi connectivity index (χ3n) is 3.10. The first-order valence-corrected chi connectivity index (χ1v) is 9.11. The summed E-state index contributed by atoms with van der Waals surface area (Å²) in [6.07, 6.45) is 0.775. The zero-order chi connectivity index (χ0) is 14.1. The predicted molar refractivity (Wildman–Crippen MR) is 93.0 cm³/mol. The van der Waals surface area contributed by atoms with Crippen molar-refractivity contribution in [3.63, 3.8) is 0 Å². The molecule has 20 heavy (non-hydrogen) atoms. The van der Waals surface area contributed by atoms with Gasteiger partial charge in [-0.2, -0.15) is 0 Å². The molecule has 0 saturated heterocycles. The summed E-state index contributed by atoms with van der Waals surface area (Å²) in [5.74, 6) is 1.62. The zero-order valence-electron chi connectivity index (χ0n) is 10.4. The van der Waals surface area contributed by atoms with Gasteiger partial charge in [-0.05, 0) is 45.6 Å². The SMILES string of the molecule is ClCCc1nc2ccc(Br)cc2n1Cc1sccc1Br. The van der Waals surface area contributed by atoms with Crippen molar-refractivity contribution in [2.75, 3.05) is 5.88 Å². The smallest absolute Gasteiger partial charge is 0.111 e. The molecule has 0 unspecified atom stereocenters. The molecule has 0 fully saturated rings. The summed E-state index contributed by atoms with van der Waals surface area (Å²) in [6.45, 7) is 0.817. The van der Waals surface area contributed by atoms with Crippen LogP contribution in [-0.4, -0.2) is 15.4 Å². The molecule has 0 saturated carbocycles. The number of aromatic nitrogens is 2. The van der Waals surface area contributed by atoms with Crippen molar-refractivity contribution in [2.45, 2.75) is 13.0 Å². The van der Waals surface area contributed by atoms with Gasteiger partial charge in [-0.3, -0.25) is 0 Å². The number of aryl methyl sites for hydroxylation is 1. The molecule has 0 aliphatic carbocycles. The van der Waals surface area contributed by atoms with Crippen molar-refractivity contribution in [2.24, 2.45) is 0 Å². The fourth-order valence-corrected chi connectivity index (χ4v) is 4.16. The Labute approximate surface area is 143 Å². The van der Waals surface area contributed by atoms with E-state index in [0.29, 0.717) is 5.88 Å². The van der Waals surface area contributed by atoms with E-state index in [0.717, 1.165) is 38.8 Å². The van der Waals surface area contributed by atoms with Crippen LogP contribution in [0.25, 0.3) is 11.0 Å². The van der Waals surface area contributed by atoms with Crippen LogP contribution in [-0.2, 0) is 13.0 Å². The van der Waals surface area contributed by atoms with Crippen LogP contribution in [0.15, 0.2) is 38.6 Å². The van der Waals surface area contributed by atoms with Gasteiger partial charge in [0.2, 0.25) is 0 Å². The van der Waals surface area contributed by atoms with Crippen LogP contribution < -0.4 is 0 Å². The lowest BCUT2D eigenvalue weighted by Crippen LogP contribution is -2.05. The fourth-order valence-electron chi connectivity index (χ4n) is 2.18. The maximum Gasteiger partial charge on any atom is 0.111 e. The van der Waals surface area contributed by atoms with E-state index in [1.54, 1.807) is 11.3 Å². The maximum atomic E-state index is 5.91. The summed E-state index contributed by atoms with van der Waals surface area (Å²) in [7, 11) is 0. The first-order valence-electron chi connectivity index (χ1n) is 6.11. The molecule has 2 aromatic heterocycles. The second-order valence-corrected chi connectivity index (χ2v) is 7.53. The predicted octanol–water partition coefficient (Wildman–Crippen LogP) is 5.45. The summed E-state index contributed by atoms with van der Waals surface area (Å²) in [5.41, 5.74) is 2.15. The number of hydrogen-bond donors (Lipinski definition) is 0. The molecule has 0 atom stereocenters. The monoisotopic (exact) mass is 432 g/mol. The molecule has 3 rings (SSSR count). The molecular formula is C14H11Br2ClN2S. The van der Waals surface area contributed by atoms with Gasteiger partial charge in [-0.25, -0.2) is 4.98 Å². The van der Waals surface area contributed by atoms with E-state index in [4.69, 9.17) is 16.6 Å². The van der Waals surface area contributed by atoms with Gasteiger partial charge in [-0.15, -0.1) is 22.9 Å². The summed E-state index contributed by atoms with van der Waals surface area (Å²) in [5, 5.41) is 2.09. The normalized spacial score (nSPS) is 11.3. The van der Waals surface area contributed by atoms with E-state index >= 15 is 0 Å². The van der Waals surface area contributed by atoms with Crippen LogP contribution in [0, 0.1) is 0 Å². The van der Waals surface area contributed by atoms with Crippen molar-refractivity contribution in [3.05, 3.63) is 49.3 Å². The lowest BCUT2D eigenvalue weighted by molar-refractivity contribution is 0.761. The van der Waals surface area contributed by atoms with Gasteiger partial charge in [0.25, 0.3) is 0 Å². The lowest BCUT2D eigenvalue weighted by atomic mass is 10.3. The van der Waals surface area contributed by atoms with Crippen molar-refractivity contribution < 1.29 is 0 Å². The molecule has 2 heterocycles. The Balaban J connectivity index is 2.12. The first-order chi connectivity index (χ1) is 9.69. The quantitative estimate of drug-likeness (QED) is 0.499. The highest BCUT2D eigenvalue weighted by molar-refractivity contribution is 9.10. The highest BCUT2D eigenvalue weighted by Crippen LogP contribution is 2.27. The minimum absolute atomic E-state index is 0.579. The standard InChI is InChI=1S/C14H11Br2ClN2S/c15-9-1-2-11-12(7-9)19(14(18-11)3-5-17)8-13-10(16)4-6-20-13/h1-2,4,6-7H,3,5,8H2. The Morgan fingerprint density at radius 2 is 2.10 bits per heavy atom. The molecule has 3 aromatic rings. The minimum Gasteiger partial charge on any atom is -0.323 e. The lowest BCUT2D eigenvalue weighted by Gasteiger charge is -2.08. The topological polar surface area (TPSA) is 17.8 Å². The number of halogens is 3. The van der Waals surface area contributed by atoms with Crippen LogP contribution in [0.3, 0.4) is 0 Å². The Bertz CT molecular complexity index is 751. The van der Waals surface area contributed by atoms with Gasteiger partial charge in [0.15, 0.2) is 0 Å². The molecule has 0 aliphatic rings. The van der Waals surface area contributed by atoms with E-state index in [2.05, 4.69) is 53.9 Å². The number of benzene rings is 1. The van der Waals surface area contributed by atoms with Crippen LogP contribution in [0.4, 0.5) is 0 Å². The highest BCUT2D eigenvalue weighted by Gasteiger charge is 2.13. The molecule has 0 radical (unpaired) electrons. The van der Waals surface area contributed by atoms with Gasteiger partial charge < -0.3 is 4.57 Å². The molecule has 0 amide bonds. The van der Waals surface area contributed by atoms with E-state index in [-0.39, 0.29) is 0 Å². The van der Waals surface area contributed by atoms with Crippen LogP contribution in [0.2, 0.25) is 0 Å². The van der Waals surface area contributed by atoms with Gasteiger partial charge in [0, 0.05) is 26.1 Å². The Hall–Kier alpha value is -0.360. The van der Waals surface area contributed by atoms with E-state index < -0.39 is 0 Å². The molecule has 1 aromatic carbocycles. The van der Waals surface area contributed by atoms with E-state index in [1.165, 1.54) is 4.88 Å². The summed E-state index contributed by atoms with van der Waals surface area (Å²) in [6, 6.07) is 8.25. The fraction of sp³-hybridized carbons (Fsp3) is 0.214. The van der Waals surface area contributed by atoms with Crippen molar-refractivity contribution in [3.8, 4) is 0 Å². The minimum atomic E-state index is 0.579. The van der Waals surface area contributed by atoms with Crippen LogP contribution in [0.5, 0.6) is 0 Å². The maximum absolute atomic E-state index is 5.91. The average molecular weight is 435 g/mol. The zero-order valence-corrected chi connectivity index (χ0v) is 15.2. The number of rotatable bonds is 4. The van der Waals surface area contributed by atoms with Crippen molar-refractivity contribution >= 4 is 65.8 Å². The number of alkyl halides is 1. The highest BCUT2D eigenvalue weighted by atomic mass is 79.9. The summed E-state index contributed by atoms with van der Waals surface area (Å²) < 4.78 is 4.46. The molecule has 0 N–H and O–H groups in total. The molecule has 2 nitrogen and oxygen atoms in total. The van der Waals surface area contributed by atoms with Gasteiger partial charge in [0.1, 0.15) is 5.82 Å². The Morgan fingerprint density at radius 1 is 1.25 bits per heavy atom. The van der Waals surface area contributed by atoms with E-state index in [9.17, 15) is 0 Å². The number of fused-ring (bicyclic) bond motifs is 1. The molecule has 0 bridgehead atoms. The van der Waals surface area contributed by atoms with E-state index in [1.807, 2.05) is 12.1 Å². The summed E-state index contributed by atoms with van der Waals surface area (Å²) >= 11 is 14.8. The second kappa shape index (κ2) is 6.18. The van der Waals surface area contributed by atoms with Crippen molar-refractivity contribution in [1.82, 2.24) is 9.55 Å². The third-order valence-corrected chi connectivity index (χ3v) is 5.69. The van der Waals surface area contributed by atoms with Crippen molar-refractivity contribution in [1.29, 1.82) is 0 Å². The van der Waals surface area contributed by atoms with Crippen LogP contribution >= 0.6 is 54.8 Å². The summed E-state index contributed by atoms with van der Waals surface area (Å²) in [4.78, 5) is 5.99. The molecule has 0 aliphatic heterocycles. The number of thiophene rings is 1. The Kier molecular flexibility index (Phi) is 4.50. The Morgan fingerprint density at radius 3 is 2.80 bits per heavy atom. The largest absolute Gasteiger partial charge is 0.323 e. The number of hydrogen-bond acceptors (Lipinski definition) is 2. The third kappa shape index (κ3) is 2.82. The van der Waals surface area contributed by atoms with Crippen LogP contribution in [0.1, 0.15) is 10.7 Å².